The molecule has 2 heterocycles. The molecule has 1 aromatic heterocycles. The molecule has 0 bridgehead atoms. The predicted octanol–water partition coefficient (Wildman–Crippen LogP) is 1.18. The van der Waals surface area contributed by atoms with Gasteiger partial charge >= 0.3 is 5.63 Å². The first-order valence-corrected chi connectivity index (χ1v) is 9.73. The van der Waals surface area contributed by atoms with Crippen molar-refractivity contribution in [1.82, 2.24) is 9.62 Å². The Morgan fingerprint density at radius 2 is 1.88 bits per heavy atom. The van der Waals surface area contributed by atoms with E-state index in [9.17, 15) is 13.2 Å². The summed E-state index contributed by atoms with van der Waals surface area (Å²) in [6.45, 7) is 6.56. The van der Waals surface area contributed by atoms with E-state index < -0.39 is 15.6 Å². The van der Waals surface area contributed by atoms with E-state index in [-0.39, 0.29) is 17.1 Å². The minimum absolute atomic E-state index is 0.149. The second kappa shape index (κ2) is 7.25. The summed E-state index contributed by atoms with van der Waals surface area (Å²) < 4.78 is 38.3. The zero-order chi connectivity index (χ0) is 18.0. The van der Waals surface area contributed by atoms with Gasteiger partial charge in [-0.2, -0.15) is 0 Å². The fourth-order valence-electron chi connectivity index (χ4n) is 3.11. The molecule has 8 heteroatoms. The van der Waals surface area contributed by atoms with E-state index in [0.717, 1.165) is 13.1 Å². The summed E-state index contributed by atoms with van der Waals surface area (Å²) in [7, 11) is -3.62. The van der Waals surface area contributed by atoms with Crippen molar-refractivity contribution in [2.75, 3.05) is 26.2 Å². The van der Waals surface area contributed by atoms with Gasteiger partial charge in [0.2, 0.25) is 10.0 Å². The Kier molecular flexibility index (Phi) is 5.24. The van der Waals surface area contributed by atoms with Crippen LogP contribution in [0, 0.1) is 0 Å². The molecule has 2 atom stereocenters. The molecule has 7 nitrogen and oxygen atoms in total. The maximum Gasteiger partial charge on any atom is 0.336 e. The number of benzene rings is 1. The van der Waals surface area contributed by atoms with Gasteiger partial charge in [0.05, 0.1) is 17.1 Å². The summed E-state index contributed by atoms with van der Waals surface area (Å²) in [6.07, 6.45) is 0.297. The molecule has 1 N–H and O–H groups in total. The lowest BCUT2D eigenvalue weighted by molar-refractivity contribution is -0.0671. The molecule has 0 aliphatic carbocycles. The topological polar surface area (TPSA) is 88.9 Å². The van der Waals surface area contributed by atoms with Crippen molar-refractivity contribution in [3.05, 3.63) is 40.8 Å². The van der Waals surface area contributed by atoms with Gasteiger partial charge in [-0.15, -0.1) is 0 Å². The van der Waals surface area contributed by atoms with Crippen LogP contribution in [-0.2, 0) is 14.8 Å². The SMILES string of the molecule is CC1CN(CCNS(=O)(=O)c2ccc3oc(=O)ccc3c2)CC(C)O1. The number of morpholine rings is 1. The average molecular weight is 366 g/mol. The Morgan fingerprint density at radius 1 is 1.16 bits per heavy atom. The van der Waals surface area contributed by atoms with Crippen molar-refractivity contribution in [3.63, 3.8) is 0 Å². The van der Waals surface area contributed by atoms with Gasteiger partial charge in [-0.3, -0.25) is 4.90 Å². The smallest absolute Gasteiger partial charge is 0.336 e. The number of hydrogen-bond acceptors (Lipinski definition) is 6. The van der Waals surface area contributed by atoms with Crippen LogP contribution >= 0.6 is 0 Å². The Hall–Kier alpha value is -1.74. The first-order chi connectivity index (χ1) is 11.8. The van der Waals surface area contributed by atoms with Crippen molar-refractivity contribution in [2.45, 2.75) is 31.0 Å². The normalized spacial score (nSPS) is 22.3. The van der Waals surface area contributed by atoms with Crippen LogP contribution in [0.15, 0.2) is 44.4 Å². The van der Waals surface area contributed by atoms with Crippen LogP contribution in [0.3, 0.4) is 0 Å². The summed E-state index contributed by atoms with van der Waals surface area (Å²) in [5, 5.41) is 0.568. The van der Waals surface area contributed by atoms with Gasteiger partial charge in [0.15, 0.2) is 0 Å². The Labute approximate surface area is 146 Å². The molecular weight excluding hydrogens is 344 g/mol. The number of rotatable bonds is 5. The molecule has 3 rings (SSSR count). The molecule has 1 aliphatic heterocycles. The lowest BCUT2D eigenvalue weighted by atomic mass is 10.2. The van der Waals surface area contributed by atoms with Gasteiger partial charge < -0.3 is 9.15 Å². The monoisotopic (exact) mass is 366 g/mol. The highest BCUT2D eigenvalue weighted by Crippen LogP contribution is 2.17. The fourth-order valence-corrected chi connectivity index (χ4v) is 4.16. The Morgan fingerprint density at radius 3 is 2.60 bits per heavy atom. The number of sulfonamides is 1. The standard InChI is InChI=1S/C17H22N2O5S/c1-12-10-19(11-13(2)23-12)8-7-18-25(21,22)15-4-5-16-14(9-15)3-6-17(20)24-16/h3-6,9,12-13,18H,7-8,10-11H2,1-2H3. The molecule has 1 saturated heterocycles. The van der Waals surface area contributed by atoms with Crippen molar-refractivity contribution in [3.8, 4) is 0 Å². The van der Waals surface area contributed by atoms with Crippen LogP contribution in [0.25, 0.3) is 11.0 Å². The van der Waals surface area contributed by atoms with E-state index in [2.05, 4.69) is 9.62 Å². The van der Waals surface area contributed by atoms with E-state index >= 15 is 0 Å². The van der Waals surface area contributed by atoms with Crippen molar-refractivity contribution >= 4 is 21.0 Å². The van der Waals surface area contributed by atoms with Gasteiger partial charge in [-0.25, -0.2) is 17.9 Å². The van der Waals surface area contributed by atoms with Gasteiger partial charge in [0, 0.05) is 37.6 Å². The third-order valence-electron chi connectivity index (χ3n) is 4.12. The molecule has 136 valence electrons. The molecule has 0 radical (unpaired) electrons. The Balaban J connectivity index is 1.65. The van der Waals surface area contributed by atoms with Gasteiger partial charge in [0.25, 0.3) is 0 Å². The second-order valence-corrected chi connectivity index (χ2v) is 8.14. The summed E-state index contributed by atoms with van der Waals surface area (Å²) in [6, 6.07) is 7.26. The molecule has 0 saturated carbocycles. The maximum absolute atomic E-state index is 12.5. The van der Waals surface area contributed by atoms with Gasteiger partial charge in [-0.05, 0) is 38.1 Å². The Bertz CT molecular complexity index is 899. The molecule has 1 fully saturated rings. The van der Waals surface area contributed by atoms with E-state index in [1.54, 1.807) is 6.07 Å². The van der Waals surface area contributed by atoms with Crippen LogP contribution in [0.4, 0.5) is 0 Å². The second-order valence-electron chi connectivity index (χ2n) is 6.37. The lowest BCUT2D eigenvalue weighted by Gasteiger charge is -2.35. The molecule has 0 spiro atoms. The summed E-state index contributed by atoms with van der Waals surface area (Å²) in [5.41, 5.74) is -0.0991. The van der Waals surface area contributed by atoms with Crippen LogP contribution in [-0.4, -0.2) is 51.7 Å². The highest BCUT2D eigenvalue weighted by Gasteiger charge is 2.22. The lowest BCUT2D eigenvalue weighted by Crippen LogP contribution is -2.47. The molecule has 25 heavy (non-hydrogen) atoms. The highest BCUT2D eigenvalue weighted by molar-refractivity contribution is 7.89. The summed E-state index contributed by atoms with van der Waals surface area (Å²) in [4.78, 5) is 13.5. The van der Waals surface area contributed by atoms with Crippen LogP contribution in [0.1, 0.15) is 13.8 Å². The van der Waals surface area contributed by atoms with E-state index in [0.29, 0.717) is 24.1 Å². The summed E-state index contributed by atoms with van der Waals surface area (Å²) in [5.74, 6) is 0. The molecular formula is C17H22N2O5S. The first-order valence-electron chi connectivity index (χ1n) is 8.25. The third-order valence-corrected chi connectivity index (χ3v) is 5.58. The third kappa shape index (κ3) is 4.46. The molecule has 2 aromatic rings. The average Bonchev–Trinajstić information content (AvgIpc) is 2.53. The fraction of sp³-hybridized carbons (Fsp3) is 0.471. The quantitative estimate of drug-likeness (QED) is 0.800. The first kappa shape index (κ1) is 18.1. The van der Waals surface area contributed by atoms with E-state index in [1.165, 1.54) is 24.3 Å². The van der Waals surface area contributed by atoms with Crippen molar-refractivity contribution in [2.24, 2.45) is 0 Å². The van der Waals surface area contributed by atoms with Crippen molar-refractivity contribution in [1.29, 1.82) is 0 Å². The minimum atomic E-state index is -3.62. The zero-order valence-electron chi connectivity index (χ0n) is 14.3. The van der Waals surface area contributed by atoms with E-state index in [4.69, 9.17) is 9.15 Å². The predicted molar refractivity (Wildman–Crippen MR) is 94.1 cm³/mol. The largest absolute Gasteiger partial charge is 0.423 e. The number of ether oxygens (including phenoxy) is 1. The van der Waals surface area contributed by atoms with Gasteiger partial charge in [-0.1, -0.05) is 0 Å². The zero-order valence-corrected chi connectivity index (χ0v) is 15.1. The van der Waals surface area contributed by atoms with Crippen LogP contribution in [0.5, 0.6) is 0 Å². The molecule has 0 amide bonds. The maximum atomic E-state index is 12.5. The molecule has 1 aliphatic rings. The molecule has 2 unspecified atom stereocenters. The number of nitrogens with one attached hydrogen (secondary N) is 1. The number of hydrogen-bond donors (Lipinski definition) is 1. The van der Waals surface area contributed by atoms with Crippen molar-refractivity contribution < 1.29 is 17.6 Å². The van der Waals surface area contributed by atoms with E-state index in [1.807, 2.05) is 13.8 Å². The molecule has 1 aromatic carbocycles. The summed E-state index contributed by atoms with van der Waals surface area (Å²) >= 11 is 0. The number of nitrogens with zero attached hydrogens (tertiary/aromatic N) is 1. The highest BCUT2D eigenvalue weighted by atomic mass is 32.2. The van der Waals surface area contributed by atoms with Crippen LogP contribution < -0.4 is 10.3 Å². The minimum Gasteiger partial charge on any atom is -0.423 e. The van der Waals surface area contributed by atoms with Gasteiger partial charge in [0.1, 0.15) is 5.58 Å². The van der Waals surface area contributed by atoms with Crippen LogP contribution in [0.2, 0.25) is 0 Å². The number of fused-ring (bicyclic) bond motifs is 1.